The Kier molecular flexibility index (Phi) is 5.39. The van der Waals surface area contributed by atoms with E-state index in [0.29, 0.717) is 23.4 Å². The Morgan fingerprint density at radius 2 is 1.73 bits per heavy atom. The number of nitrogens with one attached hydrogen (secondary N) is 1. The van der Waals surface area contributed by atoms with Crippen LogP contribution in [0.1, 0.15) is 64.7 Å². The van der Waals surface area contributed by atoms with Crippen molar-refractivity contribution in [2.24, 2.45) is 10.8 Å². The van der Waals surface area contributed by atoms with E-state index in [9.17, 15) is 9.59 Å². The minimum Gasteiger partial charge on any atom is -0.399 e. The predicted molar refractivity (Wildman–Crippen MR) is 92.0 cm³/mol. The number of anilines is 2. The lowest BCUT2D eigenvalue weighted by molar-refractivity contribution is -0.124. The van der Waals surface area contributed by atoms with Crippen LogP contribution in [0.3, 0.4) is 0 Å². The van der Waals surface area contributed by atoms with Gasteiger partial charge in [-0.25, -0.2) is 0 Å². The SMILES string of the molecule is CCC(C)(C)C(=O)Nc1ccc(N)cc1C(=O)CC(C)(C)C. The molecule has 1 rings (SSSR count). The van der Waals surface area contributed by atoms with Crippen LogP contribution in [0.25, 0.3) is 0 Å². The quantitative estimate of drug-likeness (QED) is 0.630. The third-order valence-electron chi connectivity index (χ3n) is 3.78. The molecule has 0 bridgehead atoms. The summed E-state index contributed by atoms with van der Waals surface area (Å²) in [4.78, 5) is 24.9. The fourth-order valence-electron chi connectivity index (χ4n) is 1.93. The Labute approximate surface area is 133 Å². The van der Waals surface area contributed by atoms with E-state index in [1.54, 1.807) is 18.2 Å². The van der Waals surface area contributed by atoms with Crippen LogP contribution in [0.5, 0.6) is 0 Å². The molecule has 0 saturated heterocycles. The number of ketones is 1. The molecule has 3 N–H and O–H groups in total. The van der Waals surface area contributed by atoms with Gasteiger partial charge in [0.2, 0.25) is 5.91 Å². The maximum absolute atomic E-state index is 12.5. The summed E-state index contributed by atoms with van der Waals surface area (Å²) >= 11 is 0. The molecule has 0 fully saturated rings. The molecule has 4 heteroatoms. The molecule has 0 spiro atoms. The lowest BCUT2D eigenvalue weighted by Gasteiger charge is -2.23. The topological polar surface area (TPSA) is 72.2 Å². The van der Waals surface area contributed by atoms with Crippen molar-refractivity contribution < 1.29 is 9.59 Å². The zero-order valence-corrected chi connectivity index (χ0v) is 14.5. The Morgan fingerprint density at radius 1 is 1.14 bits per heavy atom. The van der Waals surface area contributed by atoms with Crippen molar-refractivity contribution in [3.8, 4) is 0 Å². The van der Waals surface area contributed by atoms with Gasteiger partial charge >= 0.3 is 0 Å². The van der Waals surface area contributed by atoms with Gasteiger partial charge in [0.1, 0.15) is 0 Å². The lowest BCUT2D eigenvalue weighted by Crippen LogP contribution is -2.30. The third kappa shape index (κ3) is 4.86. The maximum Gasteiger partial charge on any atom is 0.230 e. The number of benzene rings is 1. The second-order valence-electron chi connectivity index (χ2n) is 7.66. The summed E-state index contributed by atoms with van der Waals surface area (Å²) in [5.74, 6) is -0.103. The molecular formula is C18H28N2O2. The van der Waals surface area contributed by atoms with Crippen LogP contribution in [0.4, 0.5) is 11.4 Å². The van der Waals surface area contributed by atoms with E-state index in [-0.39, 0.29) is 17.1 Å². The fourth-order valence-corrected chi connectivity index (χ4v) is 1.93. The number of hydrogen-bond acceptors (Lipinski definition) is 3. The van der Waals surface area contributed by atoms with Gasteiger partial charge in [-0.05, 0) is 30.0 Å². The summed E-state index contributed by atoms with van der Waals surface area (Å²) in [7, 11) is 0. The molecule has 0 unspecified atom stereocenters. The molecule has 4 nitrogen and oxygen atoms in total. The summed E-state index contributed by atoms with van der Waals surface area (Å²) in [6.07, 6.45) is 1.12. The molecule has 1 amide bonds. The van der Waals surface area contributed by atoms with Gasteiger partial charge in [-0.2, -0.15) is 0 Å². The average molecular weight is 304 g/mol. The van der Waals surface area contributed by atoms with E-state index < -0.39 is 5.41 Å². The number of carbonyl (C=O) groups is 2. The van der Waals surface area contributed by atoms with Crippen LogP contribution < -0.4 is 11.1 Å². The highest BCUT2D eigenvalue weighted by Crippen LogP contribution is 2.28. The van der Waals surface area contributed by atoms with Crippen molar-refractivity contribution in [2.45, 2.75) is 54.4 Å². The van der Waals surface area contributed by atoms with Crippen LogP contribution in [0, 0.1) is 10.8 Å². The fraction of sp³-hybridized carbons (Fsp3) is 0.556. The second kappa shape index (κ2) is 6.51. The maximum atomic E-state index is 12.5. The van der Waals surface area contributed by atoms with Crippen LogP contribution in [0.2, 0.25) is 0 Å². The van der Waals surface area contributed by atoms with Crippen LogP contribution in [-0.4, -0.2) is 11.7 Å². The zero-order chi connectivity index (χ0) is 17.1. The van der Waals surface area contributed by atoms with Crippen LogP contribution >= 0.6 is 0 Å². The first-order valence-electron chi connectivity index (χ1n) is 7.70. The number of amides is 1. The predicted octanol–water partition coefficient (Wildman–Crippen LogP) is 4.26. The van der Waals surface area contributed by atoms with Gasteiger partial charge < -0.3 is 11.1 Å². The molecule has 1 aromatic carbocycles. The Morgan fingerprint density at radius 3 is 2.23 bits per heavy atom. The number of Topliss-reactive ketones (excluding diaryl/α,β-unsaturated/α-hetero) is 1. The molecule has 0 aliphatic rings. The number of hydrogen-bond donors (Lipinski definition) is 2. The normalized spacial score (nSPS) is 12.1. The zero-order valence-electron chi connectivity index (χ0n) is 14.5. The largest absolute Gasteiger partial charge is 0.399 e. The van der Waals surface area contributed by atoms with E-state index in [4.69, 9.17) is 5.73 Å². The summed E-state index contributed by atoms with van der Waals surface area (Å²) in [6.45, 7) is 11.8. The van der Waals surface area contributed by atoms with Crippen molar-refractivity contribution >= 4 is 23.1 Å². The molecule has 1 aromatic rings. The van der Waals surface area contributed by atoms with Gasteiger partial charge in [-0.1, -0.05) is 41.5 Å². The number of rotatable bonds is 5. The van der Waals surface area contributed by atoms with Gasteiger partial charge in [0.05, 0.1) is 5.69 Å². The molecule has 22 heavy (non-hydrogen) atoms. The first-order valence-corrected chi connectivity index (χ1v) is 7.70. The molecule has 0 heterocycles. The third-order valence-corrected chi connectivity index (χ3v) is 3.78. The van der Waals surface area contributed by atoms with E-state index >= 15 is 0 Å². The summed E-state index contributed by atoms with van der Waals surface area (Å²) in [6, 6.07) is 5.04. The summed E-state index contributed by atoms with van der Waals surface area (Å²) in [5, 5.41) is 2.88. The smallest absolute Gasteiger partial charge is 0.230 e. The van der Waals surface area contributed by atoms with E-state index in [2.05, 4.69) is 5.32 Å². The van der Waals surface area contributed by atoms with E-state index in [1.165, 1.54) is 0 Å². The van der Waals surface area contributed by atoms with Crippen molar-refractivity contribution in [1.29, 1.82) is 0 Å². The number of nitrogens with two attached hydrogens (primary N) is 1. The minimum atomic E-state index is -0.480. The van der Waals surface area contributed by atoms with Crippen molar-refractivity contribution in [3.63, 3.8) is 0 Å². The molecule has 122 valence electrons. The molecule has 0 radical (unpaired) electrons. The highest BCUT2D eigenvalue weighted by atomic mass is 16.2. The van der Waals surface area contributed by atoms with Gasteiger partial charge in [0.15, 0.2) is 5.78 Å². The van der Waals surface area contributed by atoms with Crippen molar-refractivity contribution in [2.75, 3.05) is 11.1 Å². The summed E-state index contributed by atoms with van der Waals surface area (Å²) < 4.78 is 0. The Hall–Kier alpha value is -1.84. The molecule has 0 atom stereocenters. The first kappa shape index (κ1) is 18.2. The molecule has 0 aliphatic carbocycles. The molecule has 0 aliphatic heterocycles. The molecular weight excluding hydrogens is 276 g/mol. The first-order chi connectivity index (χ1) is 9.96. The lowest BCUT2D eigenvalue weighted by atomic mass is 9.86. The van der Waals surface area contributed by atoms with Gasteiger partial charge in [0, 0.05) is 23.1 Å². The van der Waals surface area contributed by atoms with Crippen LogP contribution in [0.15, 0.2) is 18.2 Å². The number of carbonyl (C=O) groups excluding carboxylic acids is 2. The standard InChI is InChI=1S/C18H28N2O2/c1-7-18(5,6)16(22)20-14-9-8-12(19)10-13(14)15(21)11-17(2,3)4/h8-10H,7,11,19H2,1-6H3,(H,20,22). The second-order valence-corrected chi connectivity index (χ2v) is 7.66. The minimum absolute atomic E-state index is 0.00981. The highest BCUT2D eigenvalue weighted by molar-refractivity contribution is 6.06. The van der Waals surface area contributed by atoms with Crippen molar-refractivity contribution in [1.82, 2.24) is 0 Å². The van der Waals surface area contributed by atoms with E-state index in [1.807, 2.05) is 41.5 Å². The van der Waals surface area contributed by atoms with Crippen LogP contribution in [-0.2, 0) is 4.79 Å². The Balaban J connectivity index is 3.11. The van der Waals surface area contributed by atoms with Gasteiger partial charge in [-0.15, -0.1) is 0 Å². The number of nitrogen functional groups attached to an aromatic ring is 1. The monoisotopic (exact) mass is 304 g/mol. The highest BCUT2D eigenvalue weighted by Gasteiger charge is 2.27. The van der Waals surface area contributed by atoms with Gasteiger partial charge in [0.25, 0.3) is 0 Å². The van der Waals surface area contributed by atoms with Gasteiger partial charge in [-0.3, -0.25) is 9.59 Å². The van der Waals surface area contributed by atoms with E-state index in [0.717, 1.165) is 6.42 Å². The Bertz CT molecular complexity index is 569. The average Bonchev–Trinajstić information content (AvgIpc) is 2.38. The summed E-state index contributed by atoms with van der Waals surface area (Å²) in [5.41, 5.74) is 6.74. The molecule has 0 aromatic heterocycles. The van der Waals surface area contributed by atoms with Crippen molar-refractivity contribution in [3.05, 3.63) is 23.8 Å². The molecule has 0 saturated carbocycles.